The summed E-state index contributed by atoms with van der Waals surface area (Å²) in [7, 11) is 0. The standard InChI is InChI=1S/C21H35NO4/c1-8-13-9-14-11-21(15(14)10-13,16(17(23)24)19(2,3)4)12-22-18(25)26-20(5,6)7/h10,14-16H,8-9,11-12H2,1-7H3,(H,22,25)(H,23,24)/t14-,15+,16?,21-/m0/s1. The van der Waals surface area contributed by atoms with Gasteiger partial charge in [0.15, 0.2) is 0 Å². The van der Waals surface area contributed by atoms with Crippen molar-refractivity contribution >= 4 is 12.1 Å². The van der Waals surface area contributed by atoms with Gasteiger partial charge in [-0.15, -0.1) is 0 Å². The fourth-order valence-corrected chi connectivity index (χ4v) is 5.11. The van der Waals surface area contributed by atoms with E-state index in [-0.39, 0.29) is 5.92 Å². The minimum atomic E-state index is -0.778. The minimum Gasteiger partial charge on any atom is -0.481 e. The van der Waals surface area contributed by atoms with Crippen LogP contribution >= 0.6 is 0 Å². The first-order valence-corrected chi connectivity index (χ1v) is 9.69. The van der Waals surface area contributed by atoms with Crippen LogP contribution in [-0.2, 0) is 9.53 Å². The topological polar surface area (TPSA) is 75.6 Å². The average Bonchev–Trinajstić information content (AvgIpc) is 2.77. The number of carboxylic acid groups (broad SMARTS) is 1. The Hall–Kier alpha value is -1.52. The number of rotatable bonds is 5. The third-order valence-electron chi connectivity index (χ3n) is 5.86. The molecule has 1 amide bonds. The third kappa shape index (κ3) is 4.07. The number of fused-ring (bicyclic) bond motifs is 1. The van der Waals surface area contributed by atoms with Gasteiger partial charge in [-0.05, 0) is 57.3 Å². The first-order chi connectivity index (χ1) is 11.8. The molecule has 1 fully saturated rings. The molecule has 2 N–H and O–H groups in total. The maximum Gasteiger partial charge on any atom is 0.407 e. The second-order valence-electron chi connectivity index (χ2n) is 10.1. The molecule has 2 aliphatic carbocycles. The molecule has 5 nitrogen and oxygen atoms in total. The Bertz CT molecular complexity index is 596. The van der Waals surface area contributed by atoms with E-state index in [1.807, 2.05) is 41.5 Å². The Balaban J connectivity index is 2.28. The fourth-order valence-electron chi connectivity index (χ4n) is 5.11. The number of allylic oxidation sites excluding steroid dienone is 2. The molecule has 0 heterocycles. The fraction of sp³-hybridized carbons (Fsp3) is 0.810. The molecule has 0 aliphatic heterocycles. The smallest absolute Gasteiger partial charge is 0.407 e. The van der Waals surface area contributed by atoms with Gasteiger partial charge in [0.05, 0.1) is 5.92 Å². The lowest BCUT2D eigenvalue weighted by Gasteiger charge is -2.58. The van der Waals surface area contributed by atoms with Crippen LogP contribution in [0.25, 0.3) is 0 Å². The number of amides is 1. The molecule has 0 aromatic rings. The van der Waals surface area contributed by atoms with Crippen LogP contribution in [0.2, 0.25) is 0 Å². The molecule has 148 valence electrons. The van der Waals surface area contributed by atoms with Gasteiger partial charge in [0.25, 0.3) is 0 Å². The van der Waals surface area contributed by atoms with Crippen LogP contribution in [0.15, 0.2) is 11.6 Å². The number of carbonyl (C=O) groups is 2. The lowest BCUT2D eigenvalue weighted by atomic mass is 9.46. The maximum absolute atomic E-state index is 12.2. The summed E-state index contributed by atoms with van der Waals surface area (Å²) >= 11 is 0. The molecule has 1 unspecified atom stereocenters. The first kappa shape index (κ1) is 20.8. The van der Waals surface area contributed by atoms with Crippen molar-refractivity contribution in [3.63, 3.8) is 0 Å². The van der Waals surface area contributed by atoms with E-state index in [2.05, 4.69) is 18.3 Å². The molecule has 2 aliphatic rings. The van der Waals surface area contributed by atoms with E-state index in [0.29, 0.717) is 12.5 Å². The SMILES string of the molecule is CCC1=C[C@@H]2[C@@H](C1)C[C@@]2(CNC(=O)OC(C)(C)C)C(C(=O)O)C(C)(C)C. The van der Waals surface area contributed by atoms with Gasteiger partial charge in [-0.25, -0.2) is 4.79 Å². The van der Waals surface area contributed by atoms with Crippen molar-refractivity contribution in [2.45, 2.75) is 73.3 Å². The summed E-state index contributed by atoms with van der Waals surface area (Å²) in [6.07, 6.45) is 4.71. The second kappa shape index (κ2) is 6.90. The van der Waals surface area contributed by atoms with Gasteiger partial charge in [-0.2, -0.15) is 0 Å². The highest BCUT2D eigenvalue weighted by atomic mass is 16.6. The van der Waals surface area contributed by atoms with E-state index < -0.39 is 34.4 Å². The molecule has 1 saturated carbocycles. The Morgan fingerprint density at radius 3 is 2.38 bits per heavy atom. The Labute approximate surface area is 157 Å². The molecular weight excluding hydrogens is 330 g/mol. The zero-order valence-corrected chi connectivity index (χ0v) is 17.3. The van der Waals surface area contributed by atoms with Gasteiger partial charge < -0.3 is 15.2 Å². The summed E-state index contributed by atoms with van der Waals surface area (Å²) < 4.78 is 5.37. The predicted octanol–water partition coefficient (Wildman–Crippen LogP) is 4.62. The van der Waals surface area contributed by atoms with Crippen molar-refractivity contribution < 1.29 is 19.4 Å². The number of aliphatic carboxylic acids is 1. The molecule has 5 heteroatoms. The largest absolute Gasteiger partial charge is 0.481 e. The van der Waals surface area contributed by atoms with Crippen molar-refractivity contribution in [1.82, 2.24) is 5.32 Å². The monoisotopic (exact) mass is 365 g/mol. The van der Waals surface area contributed by atoms with E-state index >= 15 is 0 Å². The first-order valence-electron chi connectivity index (χ1n) is 9.69. The number of hydrogen-bond donors (Lipinski definition) is 2. The number of alkyl carbamates (subject to hydrolysis) is 1. The van der Waals surface area contributed by atoms with Crippen LogP contribution in [0, 0.1) is 28.6 Å². The predicted molar refractivity (Wildman–Crippen MR) is 102 cm³/mol. The number of nitrogens with one attached hydrogen (secondary N) is 1. The Morgan fingerprint density at radius 1 is 1.31 bits per heavy atom. The van der Waals surface area contributed by atoms with Gasteiger partial charge in [-0.3, -0.25) is 4.79 Å². The molecule has 0 bridgehead atoms. The van der Waals surface area contributed by atoms with Crippen molar-refractivity contribution in [3.8, 4) is 0 Å². The van der Waals surface area contributed by atoms with E-state index in [1.165, 1.54) is 5.57 Å². The van der Waals surface area contributed by atoms with Crippen LogP contribution in [0.1, 0.15) is 67.7 Å². The van der Waals surface area contributed by atoms with Crippen molar-refractivity contribution in [2.24, 2.45) is 28.6 Å². The number of carboxylic acids is 1. The molecule has 0 radical (unpaired) electrons. The van der Waals surface area contributed by atoms with Gasteiger partial charge in [0.1, 0.15) is 5.60 Å². The molecule has 0 spiro atoms. The van der Waals surface area contributed by atoms with Crippen LogP contribution in [0.5, 0.6) is 0 Å². The van der Waals surface area contributed by atoms with Crippen LogP contribution in [0.3, 0.4) is 0 Å². The second-order valence-corrected chi connectivity index (χ2v) is 10.1. The molecule has 26 heavy (non-hydrogen) atoms. The lowest BCUT2D eigenvalue weighted by molar-refractivity contribution is -0.167. The Kier molecular flexibility index (Phi) is 5.51. The number of carbonyl (C=O) groups excluding carboxylic acids is 1. The minimum absolute atomic E-state index is 0.215. The van der Waals surface area contributed by atoms with Crippen molar-refractivity contribution in [2.75, 3.05) is 6.54 Å². The van der Waals surface area contributed by atoms with Crippen LogP contribution in [-0.4, -0.2) is 29.3 Å². The summed E-state index contributed by atoms with van der Waals surface area (Å²) in [6.45, 7) is 13.9. The van der Waals surface area contributed by atoms with E-state index in [0.717, 1.165) is 19.3 Å². The van der Waals surface area contributed by atoms with Crippen LogP contribution in [0.4, 0.5) is 4.79 Å². The van der Waals surface area contributed by atoms with Crippen molar-refractivity contribution in [3.05, 3.63) is 11.6 Å². The quantitative estimate of drug-likeness (QED) is 0.697. The van der Waals surface area contributed by atoms with Gasteiger partial charge >= 0.3 is 12.1 Å². The highest BCUT2D eigenvalue weighted by Gasteiger charge is 2.62. The highest BCUT2D eigenvalue weighted by molar-refractivity contribution is 5.73. The van der Waals surface area contributed by atoms with Gasteiger partial charge in [0, 0.05) is 12.0 Å². The third-order valence-corrected chi connectivity index (χ3v) is 5.86. The molecule has 0 aromatic heterocycles. The maximum atomic E-state index is 12.2. The molecule has 4 atom stereocenters. The average molecular weight is 366 g/mol. The summed E-state index contributed by atoms with van der Waals surface area (Å²) in [5.74, 6) is -0.582. The summed E-state index contributed by atoms with van der Waals surface area (Å²) in [5.41, 5.74) is -0.00651. The number of ether oxygens (including phenoxy) is 1. The molecule has 2 rings (SSSR count). The molecule has 0 aromatic carbocycles. The summed E-state index contributed by atoms with van der Waals surface area (Å²) in [4.78, 5) is 24.4. The summed E-state index contributed by atoms with van der Waals surface area (Å²) in [6, 6.07) is 0. The summed E-state index contributed by atoms with van der Waals surface area (Å²) in [5, 5.41) is 12.9. The normalized spacial score (nSPS) is 29.3. The zero-order chi connectivity index (χ0) is 19.9. The van der Waals surface area contributed by atoms with E-state index in [4.69, 9.17) is 4.74 Å². The van der Waals surface area contributed by atoms with Crippen LogP contribution < -0.4 is 5.32 Å². The highest BCUT2D eigenvalue weighted by Crippen LogP contribution is 2.64. The lowest BCUT2D eigenvalue weighted by Crippen LogP contribution is -2.61. The van der Waals surface area contributed by atoms with E-state index in [1.54, 1.807) is 0 Å². The Morgan fingerprint density at radius 2 is 1.92 bits per heavy atom. The van der Waals surface area contributed by atoms with Gasteiger partial charge in [0.2, 0.25) is 0 Å². The van der Waals surface area contributed by atoms with E-state index in [9.17, 15) is 14.7 Å². The zero-order valence-electron chi connectivity index (χ0n) is 17.3. The molecular formula is C21H35NO4. The van der Waals surface area contributed by atoms with Gasteiger partial charge in [-0.1, -0.05) is 39.3 Å². The number of hydrogen-bond acceptors (Lipinski definition) is 3. The molecule has 0 saturated heterocycles. The van der Waals surface area contributed by atoms with Crippen molar-refractivity contribution in [1.29, 1.82) is 0 Å².